The first kappa shape index (κ1) is 19.8. The molecular formula is C22H29NO3. The molecule has 1 atom stereocenters. The van der Waals surface area contributed by atoms with Crippen LogP contribution in [0.5, 0.6) is 11.5 Å². The zero-order valence-electron chi connectivity index (χ0n) is 16.2. The second-order valence-electron chi connectivity index (χ2n) is 6.36. The van der Waals surface area contributed by atoms with E-state index < -0.39 is 0 Å². The predicted molar refractivity (Wildman–Crippen MR) is 105 cm³/mol. The van der Waals surface area contributed by atoms with E-state index in [9.17, 15) is 4.79 Å². The quantitative estimate of drug-likeness (QED) is 0.715. The van der Waals surface area contributed by atoms with Gasteiger partial charge in [0.15, 0.2) is 0 Å². The fourth-order valence-corrected chi connectivity index (χ4v) is 2.77. The Morgan fingerprint density at radius 3 is 2.46 bits per heavy atom. The minimum atomic E-state index is -0.118. The normalized spacial score (nSPS) is 11.7. The molecule has 0 aliphatic rings. The van der Waals surface area contributed by atoms with Gasteiger partial charge in [-0.15, -0.1) is 0 Å². The molecule has 0 aliphatic carbocycles. The molecule has 2 aromatic carbocycles. The first-order chi connectivity index (χ1) is 12.5. The van der Waals surface area contributed by atoms with Crippen LogP contribution in [0, 0.1) is 6.92 Å². The van der Waals surface area contributed by atoms with Crippen molar-refractivity contribution in [1.82, 2.24) is 5.32 Å². The zero-order chi connectivity index (χ0) is 18.9. The van der Waals surface area contributed by atoms with E-state index >= 15 is 0 Å². The molecule has 4 nitrogen and oxygen atoms in total. The number of aryl methyl sites for hydroxylation is 2. The maximum Gasteiger partial charge on any atom is 0.223 e. The Hall–Kier alpha value is -2.49. The Bertz CT molecular complexity index is 710. The van der Waals surface area contributed by atoms with Crippen LogP contribution in [0.3, 0.4) is 0 Å². The highest BCUT2D eigenvalue weighted by molar-refractivity contribution is 5.76. The molecule has 0 fully saturated rings. The topological polar surface area (TPSA) is 47.6 Å². The van der Waals surface area contributed by atoms with E-state index in [0.29, 0.717) is 19.6 Å². The molecule has 2 rings (SSSR count). The highest BCUT2D eigenvalue weighted by Crippen LogP contribution is 2.26. The van der Waals surface area contributed by atoms with Gasteiger partial charge in [-0.05, 0) is 51.0 Å². The lowest BCUT2D eigenvalue weighted by Crippen LogP contribution is -2.28. The Morgan fingerprint density at radius 2 is 1.81 bits per heavy atom. The average Bonchev–Trinajstić information content (AvgIpc) is 2.64. The minimum absolute atomic E-state index is 0.0355. The number of rotatable bonds is 9. The van der Waals surface area contributed by atoms with Crippen LogP contribution in [-0.2, 0) is 11.2 Å². The van der Waals surface area contributed by atoms with Gasteiger partial charge in [0.25, 0.3) is 0 Å². The summed E-state index contributed by atoms with van der Waals surface area (Å²) >= 11 is 0. The van der Waals surface area contributed by atoms with Crippen molar-refractivity contribution in [2.45, 2.75) is 46.6 Å². The molecule has 1 amide bonds. The molecule has 0 heterocycles. The van der Waals surface area contributed by atoms with Crippen molar-refractivity contribution in [1.29, 1.82) is 0 Å². The van der Waals surface area contributed by atoms with Crippen LogP contribution in [0.25, 0.3) is 0 Å². The van der Waals surface area contributed by atoms with Crippen LogP contribution < -0.4 is 14.8 Å². The zero-order valence-corrected chi connectivity index (χ0v) is 16.2. The molecule has 4 heteroatoms. The van der Waals surface area contributed by atoms with Gasteiger partial charge >= 0.3 is 0 Å². The van der Waals surface area contributed by atoms with Crippen molar-refractivity contribution >= 4 is 5.91 Å². The lowest BCUT2D eigenvalue weighted by atomic mass is 10.0. The van der Waals surface area contributed by atoms with E-state index in [1.165, 1.54) is 5.56 Å². The molecule has 26 heavy (non-hydrogen) atoms. The van der Waals surface area contributed by atoms with Gasteiger partial charge in [0.2, 0.25) is 5.91 Å². The SMILES string of the molecule is CCOc1ccc(C)cc1C(C)NC(=O)CCOc1ccc(CC)cc1. The van der Waals surface area contributed by atoms with Crippen LogP contribution in [0.15, 0.2) is 42.5 Å². The van der Waals surface area contributed by atoms with Crippen molar-refractivity contribution in [3.05, 3.63) is 59.2 Å². The molecule has 0 bridgehead atoms. The maximum absolute atomic E-state index is 12.2. The van der Waals surface area contributed by atoms with E-state index in [1.54, 1.807) is 0 Å². The van der Waals surface area contributed by atoms with Crippen LogP contribution in [-0.4, -0.2) is 19.1 Å². The summed E-state index contributed by atoms with van der Waals surface area (Å²) in [6, 6.07) is 13.9. The first-order valence-electron chi connectivity index (χ1n) is 9.28. The lowest BCUT2D eigenvalue weighted by Gasteiger charge is -2.19. The summed E-state index contributed by atoms with van der Waals surface area (Å²) in [4.78, 5) is 12.2. The third kappa shape index (κ3) is 5.80. The van der Waals surface area contributed by atoms with Crippen molar-refractivity contribution in [2.24, 2.45) is 0 Å². The number of hydrogen-bond donors (Lipinski definition) is 1. The predicted octanol–water partition coefficient (Wildman–Crippen LogP) is 4.60. The Morgan fingerprint density at radius 1 is 1.08 bits per heavy atom. The Kier molecular flexibility index (Phi) is 7.52. The summed E-state index contributed by atoms with van der Waals surface area (Å²) in [6.45, 7) is 9.03. The second kappa shape index (κ2) is 9.85. The monoisotopic (exact) mass is 355 g/mol. The van der Waals surface area contributed by atoms with E-state index in [4.69, 9.17) is 9.47 Å². The highest BCUT2D eigenvalue weighted by Gasteiger charge is 2.14. The molecule has 2 aromatic rings. The fourth-order valence-electron chi connectivity index (χ4n) is 2.77. The van der Waals surface area contributed by atoms with Crippen LogP contribution in [0.2, 0.25) is 0 Å². The van der Waals surface area contributed by atoms with E-state index in [2.05, 4.69) is 18.3 Å². The Balaban J connectivity index is 1.86. The molecule has 0 aliphatic heterocycles. The van der Waals surface area contributed by atoms with Gasteiger partial charge in [-0.25, -0.2) is 0 Å². The molecule has 140 valence electrons. The van der Waals surface area contributed by atoms with Gasteiger partial charge in [0.05, 0.1) is 25.7 Å². The summed E-state index contributed by atoms with van der Waals surface area (Å²) in [7, 11) is 0. The van der Waals surface area contributed by atoms with Crippen LogP contribution in [0.1, 0.15) is 49.9 Å². The third-order valence-corrected chi connectivity index (χ3v) is 4.24. The molecular weight excluding hydrogens is 326 g/mol. The molecule has 0 spiro atoms. The number of amides is 1. The molecule has 1 unspecified atom stereocenters. The number of hydrogen-bond acceptors (Lipinski definition) is 3. The van der Waals surface area contributed by atoms with Crippen molar-refractivity contribution < 1.29 is 14.3 Å². The number of carbonyl (C=O) groups is 1. The smallest absolute Gasteiger partial charge is 0.223 e. The van der Waals surface area contributed by atoms with Gasteiger partial charge in [-0.1, -0.05) is 36.8 Å². The van der Waals surface area contributed by atoms with E-state index in [0.717, 1.165) is 29.0 Å². The summed E-state index contributed by atoms with van der Waals surface area (Å²) in [6.07, 6.45) is 1.32. The van der Waals surface area contributed by atoms with Gasteiger partial charge in [0, 0.05) is 5.56 Å². The van der Waals surface area contributed by atoms with E-state index in [1.807, 2.05) is 57.2 Å². The van der Waals surface area contributed by atoms with Crippen LogP contribution in [0.4, 0.5) is 0 Å². The van der Waals surface area contributed by atoms with Gasteiger partial charge in [0.1, 0.15) is 11.5 Å². The molecule has 1 N–H and O–H groups in total. The highest BCUT2D eigenvalue weighted by atomic mass is 16.5. The minimum Gasteiger partial charge on any atom is -0.494 e. The molecule has 0 saturated heterocycles. The van der Waals surface area contributed by atoms with Crippen LogP contribution >= 0.6 is 0 Å². The summed E-state index contributed by atoms with van der Waals surface area (Å²) in [5, 5.41) is 3.03. The first-order valence-corrected chi connectivity index (χ1v) is 9.28. The third-order valence-electron chi connectivity index (χ3n) is 4.24. The molecule has 0 radical (unpaired) electrons. The largest absolute Gasteiger partial charge is 0.494 e. The molecule has 0 aromatic heterocycles. The summed E-state index contributed by atoms with van der Waals surface area (Å²) in [5.74, 6) is 1.57. The average molecular weight is 355 g/mol. The van der Waals surface area contributed by atoms with Crippen molar-refractivity contribution in [2.75, 3.05) is 13.2 Å². The second-order valence-corrected chi connectivity index (χ2v) is 6.36. The van der Waals surface area contributed by atoms with Gasteiger partial charge < -0.3 is 14.8 Å². The van der Waals surface area contributed by atoms with Gasteiger partial charge in [-0.2, -0.15) is 0 Å². The van der Waals surface area contributed by atoms with Crippen molar-refractivity contribution in [3.8, 4) is 11.5 Å². The summed E-state index contributed by atoms with van der Waals surface area (Å²) < 4.78 is 11.3. The van der Waals surface area contributed by atoms with Crippen molar-refractivity contribution in [3.63, 3.8) is 0 Å². The lowest BCUT2D eigenvalue weighted by molar-refractivity contribution is -0.122. The fraction of sp³-hybridized carbons (Fsp3) is 0.409. The number of nitrogens with one attached hydrogen (secondary N) is 1. The Labute approximate surface area is 156 Å². The standard InChI is InChI=1S/C22H29NO3/c1-5-18-8-10-19(11-9-18)26-14-13-22(24)23-17(4)20-15-16(3)7-12-21(20)25-6-2/h7-12,15,17H,5-6,13-14H2,1-4H3,(H,23,24). The number of carbonyl (C=O) groups excluding carboxylic acids is 1. The van der Waals surface area contributed by atoms with E-state index in [-0.39, 0.29) is 11.9 Å². The number of ether oxygens (including phenoxy) is 2. The van der Waals surface area contributed by atoms with Gasteiger partial charge in [-0.3, -0.25) is 4.79 Å². The molecule has 0 saturated carbocycles. The summed E-state index contributed by atoms with van der Waals surface area (Å²) in [5.41, 5.74) is 3.41. The maximum atomic E-state index is 12.2. The number of benzene rings is 2.